The lowest BCUT2D eigenvalue weighted by molar-refractivity contribution is -0.129. The number of rotatable bonds is 2. The highest BCUT2D eigenvalue weighted by Crippen LogP contribution is 2.35. The molecule has 2 N–H and O–H groups in total. The van der Waals surface area contributed by atoms with Gasteiger partial charge in [0.05, 0.1) is 18.1 Å². The third kappa shape index (κ3) is 2.28. The molecule has 1 saturated heterocycles. The third-order valence-electron chi connectivity index (χ3n) is 4.93. The van der Waals surface area contributed by atoms with Crippen molar-refractivity contribution in [1.82, 2.24) is 5.32 Å². The van der Waals surface area contributed by atoms with E-state index in [2.05, 4.69) is 5.32 Å². The van der Waals surface area contributed by atoms with Gasteiger partial charge >= 0.3 is 0 Å². The van der Waals surface area contributed by atoms with Crippen LogP contribution in [0.1, 0.15) is 44.9 Å². The van der Waals surface area contributed by atoms with Gasteiger partial charge in [-0.1, -0.05) is 0 Å². The van der Waals surface area contributed by atoms with Crippen molar-refractivity contribution in [3.05, 3.63) is 0 Å². The molecule has 3 fully saturated rings. The second-order valence-electron chi connectivity index (χ2n) is 6.01. The molecule has 102 valence electrons. The van der Waals surface area contributed by atoms with Crippen LogP contribution >= 0.6 is 0 Å². The lowest BCUT2D eigenvalue weighted by atomic mass is 9.81. The van der Waals surface area contributed by atoms with Crippen molar-refractivity contribution in [2.45, 2.75) is 63.2 Å². The zero-order chi connectivity index (χ0) is 12.5. The Balaban J connectivity index is 1.59. The molecule has 1 aliphatic heterocycles. The maximum atomic E-state index is 12.2. The topological polar surface area (TPSA) is 58.6 Å². The van der Waals surface area contributed by atoms with E-state index in [0.29, 0.717) is 12.0 Å². The summed E-state index contributed by atoms with van der Waals surface area (Å²) in [4.78, 5) is 12.2. The summed E-state index contributed by atoms with van der Waals surface area (Å²) in [5.41, 5.74) is 0. The zero-order valence-electron chi connectivity index (χ0n) is 10.8. The van der Waals surface area contributed by atoms with Crippen LogP contribution in [0, 0.1) is 11.8 Å². The SMILES string of the molecule is O=C(NC1CCCC2OCCC12)C1CCCC1O. The molecule has 0 aromatic rings. The molecule has 0 aromatic heterocycles. The number of carbonyl (C=O) groups is 1. The van der Waals surface area contributed by atoms with Crippen LogP contribution in [-0.2, 0) is 9.53 Å². The Kier molecular flexibility index (Phi) is 3.57. The predicted octanol–water partition coefficient (Wildman–Crippen LogP) is 1.22. The number of ether oxygens (including phenoxy) is 1. The minimum atomic E-state index is -0.427. The van der Waals surface area contributed by atoms with Gasteiger partial charge in [0.15, 0.2) is 0 Å². The first kappa shape index (κ1) is 12.4. The minimum Gasteiger partial charge on any atom is -0.392 e. The van der Waals surface area contributed by atoms with Gasteiger partial charge in [-0.3, -0.25) is 4.79 Å². The maximum absolute atomic E-state index is 12.2. The largest absolute Gasteiger partial charge is 0.392 e. The standard InChI is InChI=1S/C14H23NO3/c16-12-5-1-3-10(12)14(17)15-11-4-2-6-13-9(11)7-8-18-13/h9-13,16H,1-8H2,(H,15,17). The number of nitrogens with one attached hydrogen (secondary N) is 1. The first-order valence-corrected chi connectivity index (χ1v) is 7.36. The van der Waals surface area contributed by atoms with Crippen molar-refractivity contribution in [3.8, 4) is 0 Å². The van der Waals surface area contributed by atoms with Crippen molar-refractivity contribution in [2.75, 3.05) is 6.61 Å². The van der Waals surface area contributed by atoms with Crippen molar-refractivity contribution in [3.63, 3.8) is 0 Å². The van der Waals surface area contributed by atoms with Crippen molar-refractivity contribution in [2.24, 2.45) is 11.8 Å². The van der Waals surface area contributed by atoms with Crippen molar-refractivity contribution < 1.29 is 14.6 Å². The molecule has 5 atom stereocenters. The van der Waals surface area contributed by atoms with E-state index in [1.165, 1.54) is 0 Å². The molecule has 0 radical (unpaired) electrons. The molecular weight excluding hydrogens is 230 g/mol. The predicted molar refractivity (Wildman–Crippen MR) is 67.0 cm³/mol. The molecule has 3 aliphatic rings. The molecule has 1 heterocycles. The fourth-order valence-electron chi connectivity index (χ4n) is 3.89. The fraction of sp³-hybridized carbons (Fsp3) is 0.929. The summed E-state index contributed by atoms with van der Waals surface area (Å²) < 4.78 is 5.71. The molecule has 0 aromatic carbocycles. The first-order valence-electron chi connectivity index (χ1n) is 7.36. The van der Waals surface area contributed by atoms with E-state index in [4.69, 9.17) is 4.74 Å². The molecule has 0 bridgehead atoms. The molecule has 2 aliphatic carbocycles. The fourth-order valence-corrected chi connectivity index (χ4v) is 3.89. The van der Waals surface area contributed by atoms with Crippen LogP contribution in [0.25, 0.3) is 0 Å². The van der Waals surface area contributed by atoms with E-state index in [-0.39, 0.29) is 17.9 Å². The number of fused-ring (bicyclic) bond motifs is 1. The van der Waals surface area contributed by atoms with Gasteiger partial charge in [-0.15, -0.1) is 0 Å². The second kappa shape index (κ2) is 5.17. The Morgan fingerprint density at radius 1 is 1.11 bits per heavy atom. The van der Waals surface area contributed by atoms with Crippen LogP contribution in [-0.4, -0.2) is 35.9 Å². The molecule has 18 heavy (non-hydrogen) atoms. The van der Waals surface area contributed by atoms with Gasteiger partial charge in [-0.2, -0.15) is 0 Å². The lowest BCUT2D eigenvalue weighted by Crippen LogP contribution is -2.48. The quantitative estimate of drug-likeness (QED) is 0.778. The van der Waals surface area contributed by atoms with Gasteiger partial charge in [0, 0.05) is 18.6 Å². The van der Waals surface area contributed by atoms with Gasteiger partial charge in [0.25, 0.3) is 0 Å². The highest BCUT2D eigenvalue weighted by atomic mass is 16.5. The molecular formula is C14H23NO3. The smallest absolute Gasteiger partial charge is 0.225 e. The van der Waals surface area contributed by atoms with Crippen LogP contribution < -0.4 is 5.32 Å². The molecule has 4 nitrogen and oxygen atoms in total. The van der Waals surface area contributed by atoms with Crippen LogP contribution in [0.4, 0.5) is 0 Å². The Bertz CT molecular complexity index is 320. The summed E-state index contributed by atoms with van der Waals surface area (Å²) >= 11 is 0. The Hall–Kier alpha value is -0.610. The average Bonchev–Trinajstić information content (AvgIpc) is 2.97. The number of hydrogen-bond acceptors (Lipinski definition) is 3. The van der Waals surface area contributed by atoms with E-state index in [0.717, 1.165) is 51.6 Å². The van der Waals surface area contributed by atoms with Gasteiger partial charge in [-0.05, 0) is 44.9 Å². The van der Waals surface area contributed by atoms with Crippen LogP contribution in [0.15, 0.2) is 0 Å². The van der Waals surface area contributed by atoms with E-state index < -0.39 is 6.10 Å². The van der Waals surface area contributed by atoms with Crippen LogP contribution in [0.5, 0.6) is 0 Å². The monoisotopic (exact) mass is 253 g/mol. The van der Waals surface area contributed by atoms with Crippen molar-refractivity contribution >= 4 is 5.91 Å². The number of amides is 1. The van der Waals surface area contributed by atoms with E-state index in [1.54, 1.807) is 0 Å². The number of aliphatic hydroxyl groups excluding tert-OH is 1. The Morgan fingerprint density at radius 3 is 2.72 bits per heavy atom. The number of hydrogen-bond donors (Lipinski definition) is 2. The highest BCUT2D eigenvalue weighted by molar-refractivity contribution is 5.79. The highest BCUT2D eigenvalue weighted by Gasteiger charge is 2.40. The number of carbonyl (C=O) groups excluding carboxylic acids is 1. The Labute approximate surface area is 108 Å². The number of aliphatic hydroxyl groups is 1. The normalized spacial score (nSPS) is 43.7. The second-order valence-corrected chi connectivity index (χ2v) is 6.01. The van der Waals surface area contributed by atoms with Gasteiger partial charge in [-0.25, -0.2) is 0 Å². The van der Waals surface area contributed by atoms with E-state index in [9.17, 15) is 9.90 Å². The summed E-state index contributed by atoms with van der Waals surface area (Å²) in [7, 11) is 0. The van der Waals surface area contributed by atoms with Gasteiger partial charge in [0.2, 0.25) is 5.91 Å². The van der Waals surface area contributed by atoms with Gasteiger partial charge in [0.1, 0.15) is 0 Å². The molecule has 2 saturated carbocycles. The summed E-state index contributed by atoms with van der Waals surface area (Å²) in [5, 5.41) is 13.0. The average molecular weight is 253 g/mol. The molecule has 4 heteroatoms. The lowest BCUT2D eigenvalue weighted by Gasteiger charge is -2.34. The summed E-state index contributed by atoms with van der Waals surface area (Å²) in [6, 6.07) is 0.270. The third-order valence-corrected chi connectivity index (χ3v) is 4.93. The van der Waals surface area contributed by atoms with Gasteiger partial charge < -0.3 is 15.2 Å². The van der Waals surface area contributed by atoms with Crippen LogP contribution in [0.2, 0.25) is 0 Å². The minimum absolute atomic E-state index is 0.0672. The summed E-state index contributed by atoms with van der Waals surface area (Å²) in [6.07, 6.45) is 6.94. The van der Waals surface area contributed by atoms with E-state index >= 15 is 0 Å². The van der Waals surface area contributed by atoms with E-state index in [1.807, 2.05) is 0 Å². The molecule has 5 unspecified atom stereocenters. The van der Waals surface area contributed by atoms with Crippen LogP contribution in [0.3, 0.4) is 0 Å². The molecule has 1 amide bonds. The first-order chi connectivity index (χ1) is 8.75. The summed E-state index contributed by atoms with van der Waals surface area (Å²) in [6.45, 7) is 0.841. The molecule has 3 rings (SSSR count). The Morgan fingerprint density at radius 2 is 1.94 bits per heavy atom. The van der Waals surface area contributed by atoms with Crippen molar-refractivity contribution in [1.29, 1.82) is 0 Å². The maximum Gasteiger partial charge on any atom is 0.225 e. The summed E-state index contributed by atoms with van der Waals surface area (Å²) in [5.74, 6) is 0.395. The zero-order valence-corrected chi connectivity index (χ0v) is 10.8. The molecule has 0 spiro atoms.